The van der Waals surface area contributed by atoms with Crippen molar-refractivity contribution in [1.29, 1.82) is 0 Å². The molecule has 4 aliphatic heterocycles. The zero-order chi connectivity index (χ0) is 24.2. The molecule has 4 heterocycles. The Morgan fingerprint density at radius 3 is 2.09 bits per heavy atom. The molecule has 4 heteroatoms. The van der Waals surface area contributed by atoms with Crippen molar-refractivity contribution in [2.75, 3.05) is 21.3 Å². The van der Waals surface area contributed by atoms with Gasteiger partial charge >= 0.3 is 0 Å². The Morgan fingerprint density at radius 2 is 1.34 bits per heavy atom. The van der Waals surface area contributed by atoms with E-state index in [4.69, 9.17) is 18.9 Å². The smallest absolute Gasteiger partial charge is 0.169 e. The fraction of sp³-hybridized carbons (Fsp3) is 0.161. The van der Waals surface area contributed by atoms with Crippen molar-refractivity contribution in [3.8, 4) is 39.9 Å². The lowest BCUT2D eigenvalue weighted by molar-refractivity contribution is 0.379. The maximum absolute atomic E-state index is 6.19. The average molecular weight is 465 g/mol. The number of benzene rings is 4. The Balaban J connectivity index is 1.67. The van der Waals surface area contributed by atoms with Crippen LogP contribution in [0.25, 0.3) is 23.3 Å². The van der Waals surface area contributed by atoms with Gasteiger partial charge in [-0.1, -0.05) is 48.6 Å². The fourth-order valence-corrected chi connectivity index (χ4v) is 4.48. The second-order valence-corrected chi connectivity index (χ2v) is 8.44. The molecule has 0 atom stereocenters. The van der Waals surface area contributed by atoms with Crippen LogP contribution < -0.4 is 18.9 Å². The third kappa shape index (κ3) is 4.73. The summed E-state index contributed by atoms with van der Waals surface area (Å²) >= 11 is 0. The fourth-order valence-electron chi connectivity index (χ4n) is 4.48. The molecule has 4 aromatic carbocycles. The van der Waals surface area contributed by atoms with Crippen LogP contribution in [0.5, 0.6) is 28.7 Å². The predicted molar refractivity (Wildman–Crippen MR) is 141 cm³/mol. The lowest BCUT2D eigenvalue weighted by Gasteiger charge is -2.18. The molecule has 0 saturated carbocycles. The van der Waals surface area contributed by atoms with Crippen molar-refractivity contribution in [3.63, 3.8) is 0 Å². The Bertz CT molecular complexity index is 1370. The highest BCUT2D eigenvalue weighted by Gasteiger charge is 2.16. The number of ether oxygens (including phenoxy) is 4. The van der Waals surface area contributed by atoms with Crippen LogP contribution in [0.4, 0.5) is 0 Å². The van der Waals surface area contributed by atoms with Crippen LogP contribution in [-0.4, -0.2) is 21.3 Å². The van der Waals surface area contributed by atoms with Gasteiger partial charge in [0.25, 0.3) is 0 Å². The summed E-state index contributed by atoms with van der Waals surface area (Å²) in [6.45, 7) is 0. The quantitative estimate of drug-likeness (QED) is 0.316. The molecule has 0 saturated heterocycles. The van der Waals surface area contributed by atoms with Gasteiger partial charge in [0, 0.05) is 11.1 Å². The lowest BCUT2D eigenvalue weighted by atomic mass is 9.93. The van der Waals surface area contributed by atoms with Crippen LogP contribution in [0, 0.1) is 0 Å². The van der Waals surface area contributed by atoms with Crippen LogP contribution >= 0.6 is 0 Å². The van der Waals surface area contributed by atoms with Crippen LogP contribution in [0.2, 0.25) is 0 Å². The molecule has 4 nitrogen and oxygen atoms in total. The molecule has 35 heavy (non-hydrogen) atoms. The number of hydrogen-bond donors (Lipinski definition) is 0. The van der Waals surface area contributed by atoms with E-state index in [-0.39, 0.29) is 0 Å². The van der Waals surface area contributed by atoms with E-state index < -0.39 is 0 Å². The van der Waals surface area contributed by atoms with Gasteiger partial charge in [0.15, 0.2) is 11.5 Å². The van der Waals surface area contributed by atoms with Crippen LogP contribution in [0.3, 0.4) is 0 Å². The summed E-state index contributed by atoms with van der Waals surface area (Å²) in [6, 6.07) is 26.7. The molecule has 0 aliphatic carbocycles. The van der Waals surface area contributed by atoms with E-state index in [2.05, 4.69) is 48.6 Å². The second-order valence-electron chi connectivity index (χ2n) is 8.44. The van der Waals surface area contributed by atoms with Gasteiger partial charge in [-0.2, -0.15) is 0 Å². The number of rotatable bonds is 3. The van der Waals surface area contributed by atoms with Crippen LogP contribution in [-0.2, 0) is 12.8 Å². The first-order chi connectivity index (χ1) is 17.2. The molecule has 0 amide bonds. The zero-order valence-corrected chi connectivity index (χ0v) is 20.2. The standard InChI is InChI=1S/C31H28O4/c1-32-27-18-13-23-8-7-22-12-17-26(29(19-22)34-3)31-24(5-4-6-28(31)33-2)14-9-21-10-15-25(16-11-21)35-30(27)20-23/h4-8,10-13,15-20H,9,14H2,1-3H3. The second kappa shape index (κ2) is 9.98. The van der Waals surface area contributed by atoms with E-state index >= 15 is 0 Å². The van der Waals surface area contributed by atoms with Crippen LogP contribution in [0.15, 0.2) is 78.9 Å². The van der Waals surface area contributed by atoms with Crippen molar-refractivity contribution >= 4 is 12.2 Å². The normalized spacial score (nSPS) is 12.3. The molecule has 8 rings (SSSR count). The van der Waals surface area contributed by atoms with Gasteiger partial charge in [-0.3, -0.25) is 0 Å². The molecule has 0 unspecified atom stereocenters. The SMILES string of the molecule is COc1ccc2cc1Oc1ccc(cc1)CCc1cccc(OC)c1-c1ccc(cc1OC)C=C2. The van der Waals surface area contributed by atoms with Gasteiger partial charge < -0.3 is 18.9 Å². The molecule has 0 spiro atoms. The lowest BCUT2D eigenvalue weighted by Crippen LogP contribution is -1.99. The molecule has 0 N–H and O–H groups in total. The van der Waals surface area contributed by atoms with Crippen LogP contribution in [0.1, 0.15) is 22.3 Å². The Kier molecular flexibility index (Phi) is 6.44. The Morgan fingerprint density at radius 1 is 0.629 bits per heavy atom. The third-order valence-corrected chi connectivity index (χ3v) is 6.32. The molecular formula is C31H28O4. The maximum atomic E-state index is 6.19. The van der Waals surface area contributed by atoms with Crippen molar-refractivity contribution < 1.29 is 18.9 Å². The van der Waals surface area contributed by atoms with Gasteiger partial charge in [-0.15, -0.1) is 0 Å². The van der Waals surface area contributed by atoms with E-state index in [0.29, 0.717) is 11.5 Å². The minimum Gasteiger partial charge on any atom is -0.496 e. The summed E-state index contributed by atoms with van der Waals surface area (Å²) in [6.07, 6.45) is 5.89. The first-order valence-corrected chi connectivity index (χ1v) is 11.7. The van der Waals surface area contributed by atoms with E-state index in [1.165, 1.54) is 11.1 Å². The first kappa shape index (κ1) is 22.6. The number of hydrogen-bond acceptors (Lipinski definition) is 4. The van der Waals surface area contributed by atoms with E-state index in [0.717, 1.165) is 52.3 Å². The molecule has 0 radical (unpaired) electrons. The van der Waals surface area contributed by atoms with Crippen molar-refractivity contribution in [2.45, 2.75) is 12.8 Å². The summed E-state index contributed by atoms with van der Waals surface area (Å²) in [5, 5.41) is 0. The van der Waals surface area contributed by atoms with Gasteiger partial charge in [0.1, 0.15) is 17.2 Å². The zero-order valence-electron chi connectivity index (χ0n) is 20.2. The molecule has 6 bridgehead atoms. The molecule has 4 aliphatic rings. The van der Waals surface area contributed by atoms with Crippen molar-refractivity contribution in [3.05, 3.63) is 101 Å². The molecular weight excluding hydrogens is 436 g/mol. The largest absolute Gasteiger partial charge is 0.496 e. The summed E-state index contributed by atoms with van der Waals surface area (Å²) in [5.41, 5.74) is 6.59. The minimum atomic E-state index is 0.678. The monoisotopic (exact) mass is 464 g/mol. The van der Waals surface area contributed by atoms with Gasteiger partial charge in [0.2, 0.25) is 0 Å². The van der Waals surface area contributed by atoms with Gasteiger partial charge in [-0.25, -0.2) is 0 Å². The van der Waals surface area contributed by atoms with E-state index in [1.807, 2.05) is 42.5 Å². The highest BCUT2D eigenvalue weighted by Crippen LogP contribution is 2.40. The first-order valence-electron chi connectivity index (χ1n) is 11.7. The predicted octanol–water partition coefficient (Wildman–Crippen LogP) is 7.44. The summed E-state index contributed by atoms with van der Waals surface area (Å²) < 4.78 is 23.3. The van der Waals surface area contributed by atoms with Gasteiger partial charge in [0.05, 0.1) is 21.3 Å². The van der Waals surface area contributed by atoms with Crippen molar-refractivity contribution in [1.82, 2.24) is 0 Å². The highest BCUT2D eigenvalue weighted by atomic mass is 16.5. The highest BCUT2D eigenvalue weighted by molar-refractivity contribution is 5.81. The molecule has 176 valence electrons. The number of methoxy groups -OCH3 is 3. The molecule has 0 aromatic heterocycles. The summed E-state index contributed by atoms with van der Waals surface area (Å²) in [4.78, 5) is 0. The van der Waals surface area contributed by atoms with E-state index in [9.17, 15) is 0 Å². The Hall–Kier alpha value is -4.18. The summed E-state index contributed by atoms with van der Waals surface area (Å²) in [5.74, 6) is 3.79. The Labute approximate surface area is 206 Å². The topological polar surface area (TPSA) is 36.9 Å². The molecule has 0 fully saturated rings. The third-order valence-electron chi connectivity index (χ3n) is 6.32. The molecule has 4 aromatic rings. The van der Waals surface area contributed by atoms with Crippen molar-refractivity contribution in [2.24, 2.45) is 0 Å². The minimum absolute atomic E-state index is 0.678. The summed E-state index contributed by atoms with van der Waals surface area (Å²) in [7, 11) is 5.08. The maximum Gasteiger partial charge on any atom is 0.169 e. The number of aryl methyl sites for hydroxylation is 2. The van der Waals surface area contributed by atoms with Gasteiger partial charge in [-0.05, 0) is 77.6 Å². The van der Waals surface area contributed by atoms with E-state index in [1.54, 1.807) is 21.3 Å². The average Bonchev–Trinajstić information content (AvgIpc) is 2.91.